The molecule has 1 fully saturated rings. The molecule has 0 aliphatic carbocycles. The average Bonchev–Trinajstić information content (AvgIpc) is 2.65. The van der Waals surface area contributed by atoms with Crippen molar-refractivity contribution in [2.24, 2.45) is 0 Å². The van der Waals surface area contributed by atoms with Crippen LogP contribution in [0.5, 0.6) is 0 Å². The van der Waals surface area contributed by atoms with Crippen LogP contribution in [0, 0.1) is 0 Å². The molecule has 1 atom stereocenters. The maximum Gasteiger partial charge on any atom is 0.223 e. The number of hydrogen-bond acceptors (Lipinski definition) is 1. The molecule has 0 aromatic rings. The number of unbranched alkanes of at least 4 members (excludes halogenated alkanes) is 1. The zero-order chi connectivity index (χ0) is 10.4. The molecule has 1 aliphatic heterocycles. The van der Waals surface area contributed by atoms with Gasteiger partial charge < -0.3 is 4.90 Å². The summed E-state index contributed by atoms with van der Waals surface area (Å²) in [5, 5.41) is 0. The molecule has 1 saturated heterocycles. The molecule has 1 amide bonds. The summed E-state index contributed by atoms with van der Waals surface area (Å²) in [6.07, 6.45) is 8.44. The van der Waals surface area contributed by atoms with Gasteiger partial charge in [0, 0.05) is 19.0 Å². The van der Waals surface area contributed by atoms with Crippen molar-refractivity contribution in [3.05, 3.63) is 25.3 Å². The molecule has 2 nitrogen and oxygen atoms in total. The fourth-order valence-electron chi connectivity index (χ4n) is 1.89. The van der Waals surface area contributed by atoms with Crippen LogP contribution in [0.4, 0.5) is 0 Å². The van der Waals surface area contributed by atoms with E-state index in [0.717, 1.165) is 32.2 Å². The van der Waals surface area contributed by atoms with Crippen LogP contribution < -0.4 is 0 Å². The van der Waals surface area contributed by atoms with Crippen molar-refractivity contribution in [1.29, 1.82) is 0 Å². The maximum atomic E-state index is 11.7. The molecule has 0 aromatic carbocycles. The molecule has 78 valence electrons. The van der Waals surface area contributed by atoms with Crippen molar-refractivity contribution < 1.29 is 4.79 Å². The van der Waals surface area contributed by atoms with E-state index in [0.29, 0.717) is 6.42 Å². The second-order valence-electron chi connectivity index (χ2n) is 3.71. The minimum absolute atomic E-state index is 0.272. The second kappa shape index (κ2) is 5.63. The molecule has 14 heavy (non-hydrogen) atoms. The van der Waals surface area contributed by atoms with E-state index in [1.807, 2.05) is 17.1 Å². The van der Waals surface area contributed by atoms with Gasteiger partial charge in [-0.25, -0.2) is 0 Å². The number of carbonyl (C=O) groups excluding carboxylic acids is 1. The average molecular weight is 193 g/mol. The maximum absolute atomic E-state index is 11.7. The highest BCUT2D eigenvalue weighted by molar-refractivity contribution is 5.77. The van der Waals surface area contributed by atoms with Crippen LogP contribution in [0.3, 0.4) is 0 Å². The topological polar surface area (TPSA) is 20.3 Å². The minimum Gasteiger partial charge on any atom is -0.336 e. The summed E-state index contributed by atoms with van der Waals surface area (Å²) >= 11 is 0. The summed E-state index contributed by atoms with van der Waals surface area (Å²) in [4.78, 5) is 13.7. The summed E-state index contributed by atoms with van der Waals surface area (Å²) in [6, 6.07) is 0.284. The van der Waals surface area contributed by atoms with Crippen molar-refractivity contribution in [2.75, 3.05) is 6.54 Å². The molecule has 1 aliphatic rings. The SMILES string of the molecule is C=CCCCC(=O)N1CCC[C@H]1C=C. The summed E-state index contributed by atoms with van der Waals surface area (Å²) in [6.45, 7) is 8.31. The molecular formula is C12H19NO. The van der Waals surface area contributed by atoms with Gasteiger partial charge in [-0.3, -0.25) is 4.79 Å². The number of hydrogen-bond donors (Lipinski definition) is 0. The first-order chi connectivity index (χ1) is 6.79. The molecule has 0 spiro atoms. The van der Waals surface area contributed by atoms with E-state index in [9.17, 15) is 4.79 Å². The molecule has 0 aromatic heterocycles. The van der Waals surface area contributed by atoms with Gasteiger partial charge in [-0.2, -0.15) is 0 Å². The Balaban J connectivity index is 2.35. The van der Waals surface area contributed by atoms with Crippen molar-refractivity contribution in [2.45, 2.75) is 38.1 Å². The van der Waals surface area contributed by atoms with Gasteiger partial charge in [0.15, 0.2) is 0 Å². The lowest BCUT2D eigenvalue weighted by Crippen LogP contribution is -2.33. The molecule has 1 rings (SSSR count). The monoisotopic (exact) mass is 193 g/mol. The first kappa shape index (κ1) is 11.0. The van der Waals surface area contributed by atoms with Crippen LogP contribution in [0.1, 0.15) is 32.1 Å². The summed E-state index contributed by atoms with van der Waals surface area (Å²) in [7, 11) is 0. The lowest BCUT2D eigenvalue weighted by Gasteiger charge is -2.21. The zero-order valence-corrected chi connectivity index (χ0v) is 8.74. The number of likely N-dealkylation sites (tertiary alicyclic amines) is 1. The smallest absolute Gasteiger partial charge is 0.223 e. The number of rotatable bonds is 5. The molecule has 0 bridgehead atoms. The summed E-state index contributed by atoms with van der Waals surface area (Å²) in [5.74, 6) is 0.272. The van der Waals surface area contributed by atoms with E-state index < -0.39 is 0 Å². The van der Waals surface area contributed by atoms with Crippen LogP contribution >= 0.6 is 0 Å². The predicted octanol–water partition coefficient (Wildman–Crippen LogP) is 2.52. The van der Waals surface area contributed by atoms with E-state index in [2.05, 4.69) is 13.2 Å². The Kier molecular flexibility index (Phi) is 4.44. The van der Waals surface area contributed by atoms with E-state index in [-0.39, 0.29) is 11.9 Å². The third-order valence-electron chi connectivity index (χ3n) is 2.69. The Bertz CT molecular complexity index is 222. The standard InChI is InChI=1S/C12H19NO/c1-3-5-6-9-12(14)13-10-7-8-11(13)4-2/h3-4,11H,1-2,5-10H2/t11-/m1/s1. The third kappa shape index (κ3) is 2.72. The molecule has 0 radical (unpaired) electrons. The van der Waals surface area contributed by atoms with Gasteiger partial charge in [0.05, 0.1) is 0 Å². The van der Waals surface area contributed by atoms with Crippen LogP contribution in [0.15, 0.2) is 25.3 Å². The first-order valence-electron chi connectivity index (χ1n) is 5.32. The highest BCUT2D eigenvalue weighted by Crippen LogP contribution is 2.19. The summed E-state index contributed by atoms with van der Waals surface area (Å²) < 4.78 is 0. The zero-order valence-electron chi connectivity index (χ0n) is 8.74. The number of allylic oxidation sites excluding steroid dienone is 1. The Morgan fingerprint density at radius 1 is 1.50 bits per heavy atom. The molecule has 2 heteroatoms. The quantitative estimate of drug-likeness (QED) is 0.485. The Morgan fingerprint density at radius 2 is 2.29 bits per heavy atom. The summed E-state index contributed by atoms with van der Waals surface area (Å²) in [5.41, 5.74) is 0. The van der Waals surface area contributed by atoms with Gasteiger partial charge >= 0.3 is 0 Å². The van der Waals surface area contributed by atoms with Gasteiger partial charge in [-0.1, -0.05) is 12.2 Å². The number of nitrogens with zero attached hydrogens (tertiary/aromatic N) is 1. The minimum atomic E-state index is 0.272. The molecule has 0 N–H and O–H groups in total. The van der Waals surface area contributed by atoms with E-state index >= 15 is 0 Å². The van der Waals surface area contributed by atoms with Crippen LogP contribution in [-0.2, 0) is 4.79 Å². The lowest BCUT2D eigenvalue weighted by atomic mass is 10.2. The number of amides is 1. The van der Waals surface area contributed by atoms with Crippen molar-refractivity contribution >= 4 is 5.91 Å². The predicted molar refractivity (Wildman–Crippen MR) is 59.0 cm³/mol. The highest BCUT2D eigenvalue weighted by atomic mass is 16.2. The van der Waals surface area contributed by atoms with E-state index in [1.165, 1.54) is 0 Å². The second-order valence-corrected chi connectivity index (χ2v) is 3.71. The van der Waals surface area contributed by atoms with Gasteiger partial charge in [0.2, 0.25) is 5.91 Å². The van der Waals surface area contributed by atoms with Crippen molar-refractivity contribution in [3.8, 4) is 0 Å². The highest BCUT2D eigenvalue weighted by Gasteiger charge is 2.25. The molecule has 0 saturated carbocycles. The molecule has 1 heterocycles. The molecule has 0 unspecified atom stereocenters. The van der Waals surface area contributed by atoms with Crippen LogP contribution in [0.2, 0.25) is 0 Å². The first-order valence-corrected chi connectivity index (χ1v) is 5.32. The normalized spacial score (nSPS) is 20.9. The fraction of sp³-hybridized carbons (Fsp3) is 0.583. The third-order valence-corrected chi connectivity index (χ3v) is 2.69. The van der Waals surface area contributed by atoms with E-state index in [1.54, 1.807) is 0 Å². The Labute approximate surface area is 86.3 Å². The van der Waals surface area contributed by atoms with E-state index in [4.69, 9.17) is 0 Å². The van der Waals surface area contributed by atoms with Gasteiger partial charge in [0.25, 0.3) is 0 Å². The van der Waals surface area contributed by atoms with Gasteiger partial charge in [-0.05, 0) is 25.7 Å². The van der Waals surface area contributed by atoms with Crippen LogP contribution in [0.25, 0.3) is 0 Å². The largest absolute Gasteiger partial charge is 0.336 e. The Hall–Kier alpha value is -1.05. The van der Waals surface area contributed by atoms with Crippen molar-refractivity contribution in [3.63, 3.8) is 0 Å². The van der Waals surface area contributed by atoms with Gasteiger partial charge in [-0.15, -0.1) is 13.2 Å². The lowest BCUT2D eigenvalue weighted by molar-refractivity contribution is -0.131. The van der Waals surface area contributed by atoms with Crippen molar-refractivity contribution in [1.82, 2.24) is 4.90 Å². The van der Waals surface area contributed by atoms with Gasteiger partial charge in [0.1, 0.15) is 0 Å². The van der Waals surface area contributed by atoms with Crippen LogP contribution in [-0.4, -0.2) is 23.4 Å². The Morgan fingerprint density at radius 3 is 2.93 bits per heavy atom. The fourth-order valence-corrected chi connectivity index (χ4v) is 1.89. The number of carbonyl (C=O) groups is 1. The molecular weight excluding hydrogens is 174 g/mol.